The van der Waals surface area contributed by atoms with Gasteiger partial charge in [0.1, 0.15) is 17.8 Å². The summed E-state index contributed by atoms with van der Waals surface area (Å²) in [5.74, 6) is 0.563. The third-order valence-electron chi connectivity index (χ3n) is 3.65. The van der Waals surface area contributed by atoms with E-state index in [0.717, 1.165) is 24.0 Å². The molecule has 0 amide bonds. The van der Waals surface area contributed by atoms with Crippen LogP contribution in [0.3, 0.4) is 0 Å². The number of nitrogens with zero attached hydrogens (tertiary/aromatic N) is 3. The van der Waals surface area contributed by atoms with Crippen molar-refractivity contribution in [3.8, 4) is 0 Å². The topological polar surface area (TPSA) is 56.7 Å². The zero-order valence-electron chi connectivity index (χ0n) is 11.4. The van der Waals surface area contributed by atoms with E-state index < -0.39 is 0 Å². The van der Waals surface area contributed by atoms with E-state index in [1.807, 2.05) is 0 Å². The molecule has 4 nitrogen and oxygen atoms in total. The number of nitrogen functional groups attached to an aromatic ring is 1. The van der Waals surface area contributed by atoms with Crippen LogP contribution in [0.4, 0.5) is 5.82 Å². The molecule has 20 heavy (non-hydrogen) atoms. The maximum atomic E-state index is 5.98. The number of rotatable bonds is 3. The lowest BCUT2D eigenvalue weighted by Crippen LogP contribution is -2.04. The highest BCUT2D eigenvalue weighted by atomic mass is 79.9. The molecule has 0 atom stereocenters. The van der Waals surface area contributed by atoms with E-state index in [4.69, 9.17) is 5.73 Å². The molecule has 0 bridgehead atoms. The van der Waals surface area contributed by atoms with Gasteiger partial charge in [0.15, 0.2) is 0 Å². The van der Waals surface area contributed by atoms with Crippen LogP contribution in [0.1, 0.15) is 16.1 Å². The number of anilines is 1. The van der Waals surface area contributed by atoms with Gasteiger partial charge in [-0.1, -0.05) is 0 Å². The lowest BCUT2D eigenvalue weighted by Gasteiger charge is -2.06. The number of thiophene rings is 1. The largest absolute Gasteiger partial charge is 0.383 e. The number of hydrogen-bond donors (Lipinski definition) is 1. The first-order valence-corrected chi connectivity index (χ1v) is 7.99. The molecule has 0 saturated heterocycles. The quantitative estimate of drug-likeness (QED) is 0.783. The summed E-state index contributed by atoms with van der Waals surface area (Å²) in [6.45, 7) is 5.09. The van der Waals surface area contributed by atoms with E-state index in [2.05, 4.69) is 56.4 Å². The van der Waals surface area contributed by atoms with Crippen LogP contribution in [0.5, 0.6) is 0 Å². The van der Waals surface area contributed by atoms with Crippen molar-refractivity contribution in [3.05, 3.63) is 38.4 Å². The van der Waals surface area contributed by atoms with E-state index in [0.29, 0.717) is 5.82 Å². The van der Waals surface area contributed by atoms with Crippen LogP contribution < -0.4 is 5.73 Å². The SMILES string of the molecule is Cc1c(C)n(CCc2ccc(Br)s2)c2ncnc(N)c12. The number of aromatic nitrogens is 3. The zero-order chi connectivity index (χ0) is 14.3. The Bertz CT molecular complexity index is 775. The van der Waals surface area contributed by atoms with Gasteiger partial charge in [-0.25, -0.2) is 9.97 Å². The van der Waals surface area contributed by atoms with Crippen LogP contribution in [-0.4, -0.2) is 14.5 Å². The Morgan fingerprint density at radius 1 is 1.30 bits per heavy atom. The molecule has 104 valence electrons. The highest BCUT2D eigenvalue weighted by Gasteiger charge is 2.14. The Hall–Kier alpha value is -1.40. The van der Waals surface area contributed by atoms with Crippen molar-refractivity contribution in [2.75, 3.05) is 5.73 Å². The van der Waals surface area contributed by atoms with Crippen molar-refractivity contribution in [1.29, 1.82) is 0 Å². The summed E-state index contributed by atoms with van der Waals surface area (Å²) in [5, 5.41) is 0.984. The Morgan fingerprint density at radius 3 is 2.80 bits per heavy atom. The van der Waals surface area contributed by atoms with Gasteiger partial charge in [0.05, 0.1) is 9.17 Å². The molecular formula is C14H15BrN4S. The van der Waals surface area contributed by atoms with Crippen molar-refractivity contribution in [2.24, 2.45) is 0 Å². The fourth-order valence-electron chi connectivity index (χ4n) is 2.48. The number of fused-ring (bicyclic) bond motifs is 1. The molecule has 3 heterocycles. The summed E-state index contributed by atoms with van der Waals surface area (Å²) < 4.78 is 3.40. The number of aryl methyl sites for hydroxylation is 3. The van der Waals surface area contributed by atoms with Crippen molar-refractivity contribution < 1.29 is 0 Å². The number of nitrogens with two attached hydrogens (primary N) is 1. The summed E-state index contributed by atoms with van der Waals surface area (Å²) in [4.78, 5) is 9.86. The first-order chi connectivity index (χ1) is 9.58. The van der Waals surface area contributed by atoms with E-state index in [1.54, 1.807) is 11.3 Å². The van der Waals surface area contributed by atoms with Gasteiger partial charge < -0.3 is 10.3 Å². The molecule has 0 unspecified atom stereocenters. The van der Waals surface area contributed by atoms with E-state index in [9.17, 15) is 0 Å². The standard InChI is InChI=1S/C14H15BrN4S/c1-8-9(2)19(6-5-10-3-4-11(15)20-10)14-12(8)13(16)17-7-18-14/h3-4,7H,5-6H2,1-2H3,(H2,16,17,18). The second kappa shape index (κ2) is 5.18. The van der Waals surface area contributed by atoms with Crippen molar-refractivity contribution in [1.82, 2.24) is 14.5 Å². The van der Waals surface area contributed by atoms with Gasteiger partial charge in [-0.2, -0.15) is 0 Å². The second-order valence-corrected chi connectivity index (χ2v) is 7.32. The lowest BCUT2D eigenvalue weighted by molar-refractivity contribution is 0.700. The Kier molecular flexibility index (Phi) is 3.52. The molecule has 6 heteroatoms. The van der Waals surface area contributed by atoms with Gasteiger partial charge in [-0.15, -0.1) is 11.3 Å². The zero-order valence-corrected chi connectivity index (χ0v) is 13.8. The van der Waals surface area contributed by atoms with Crippen LogP contribution in [0.2, 0.25) is 0 Å². The number of hydrogen-bond acceptors (Lipinski definition) is 4. The first-order valence-electron chi connectivity index (χ1n) is 6.38. The second-order valence-electron chi connectivity index (χ2n) is 4.78. The average molecular weight is 351 g/mol. The molecule has 0 aliphatic carbocycles. The summed E-state index contributed by atoms with van der Waals surface area (Å²) in [5.41, 5.74) is 9.30. The van der Waals surface area contributed by atoms with Crippen molar-refractivity contribution in [3.63, 3.8) is 0 Å². The predicted octanol–water partition coefficient (Wildman–Crippen LogP) is 3.70. The minimum absolute atomic E-state index is 0.563. The summed E-state index contributed by atoms with van der Waals surface area (Å²) in [6, 6.07) is 4.25. The molecular weight excluding hydrogens is 336 g/mol. The Morgan fingerprint density at radius 2 is 2.10 bits per heavy atom. The first kappa shape index (κ1) is 13.6. The highest BCUT2D eigenvalue weighted by Crippen LogP contribution is 2.28. The van der Waals surface area contributed by atoms with Gasteiger partial charge in [-0.05, 0) is 53.9 Å². The Labute approximate surface area is 129 Å². The van der Waals surface area contributed by atoms with Crippen molar-refractivity contribution >= 4 is 44.1 Å². The monoisotopic (exact) mass is 350 g/mol. The lowest BCUT2D eigenvalue weighted by atomic mass is 10.2. The smallest absolute Gasteiger partial charge is 0.145 e. The third-order valence-corrected chi connectivity index (χ3v) is 5.33. The third kappa shape index (κ3) is 2.23. The molecule has 0 spiro atoms. The molecule has 0 aliphatic heterocycles. The van der Waals surface area contributed by atoms with Gasteiger partial charge in [-0.3, -0.25) is 0 Å². The summed E-state index contributed by atoms with van der Waals surface area (Å²) in [6.07, 6.45) is 2.53. The molecule has 0 fully saturated rings. The molecule has 3 rings (SSSR count). The predicted molar refractivity (Wildman–Crippen MR) is 87.1 cm³/mol. The van der Waals surface area contributed by atoms with Gasteiger partial charge in [0.25, 0.3) is 0 Å². The van der Waals surface area contributed by atoms with E-state index >= 15 is 0 Å². The van der Waals surface area contributed by atoms with Crippen LogP contribution in [0.25, 0.3) is 11.0 Å². The van der Waals surface area contributed by atoms with Gasteiger partial charge >= 0.3 is 0 Å². The molecule has 0 aliphatic rings. The van der Waals surface area contributed by atoms with Crippen LogP contribution in [0.15, 0.2) is 22.2 Å². The highest BCUT2D eigenvalue weighted by molar-refractivity contribution is 9.11. The van der Waals surface area contributed by atoms with E-state index in [-0.39, 0.29) is 0 Å². The maximum absolute atomic E-state index is 5.98. The van der Waals surface area contributed by atoms with Crippen LogP contribution >= 0.6 is 27.3 Å². The minimum atomic E-state index is 0.563. The minimum Gasteiger partial charge on any atom is -0.383 e. The fourth-order valence-corrected chi connectivity index (χ4v) is 3.95. The molecule has 3 aromatic rings. The van der Waals surface area contributed by atoms with Gasteiger partial charge in [0.2, 0.25) is 0 Å². The molecule has 3 aromatic heterocycles. The molecule has 2 N–H and O–H groups in total. The molecule has 0 aromatic carbocycles. The summed E-state index contributed by atoms with van der Waals surface area (Å²) in [7, 11) is 0. The fraction of sp³-hybridized carbons (Fsp3) is 0.286. The van der Waals surface area contributed by atoms with Crippen LogP contribution in [0, 0.1) is 13.8 Å². The molecule has 0 saturated carbocycles. The average Bonchev–Trinajstić information content (AvgIpc) is 2.93. The van der Waals surface area contributed by atoms with Crippen LogP contribution in [-0.2, 0) is 13.0 Å². The normalized spacial score (nSPS) is 11.3. The van der Waals surface area contributed by atoms with Gasteiger partial charge in [0, 0.05) is 17.1 Å². The number of halogens is 1. The maximum Gasteiger partial charge on any atom is 0.145 e. The van der Waals surface area contributed by atoms with E-state index in [1.165, 1.54) is 26.2 Å². The summed E-state index contributed by atoms with van der Waals surface area (Å²) >= 11 is 5.27. The van der Waals surface area contributed by atoms with Crippen molar-refractivity contribution in [2.45, 2.75) is 26.8 Å². The molecule has 0 radical (unpaired) electrons. The Balaban J connectivity index is 1.99.